The zero-order valence-electron chi connectivity index (χ0n) is 17.2. The number of Topliss-reactive ketones (excluding diaryl/α,β-unsaturated/α-hetero) is 1. The van der Waals surface area contributed by atoms with E-state index in [4.69, 9.17) is 0 Å². The van der Waals surface area contributed by atoms with Crippen LogP contribution in [-0.4, -0.2) is 33.2 Å². The summed E-state index contributed by atoms with van der Waals surface area (Å²) in [6.07, 6.45) is 9.63. The molecule has 0 bridgehead atoms. The molecule has 0 amide bonds. The van der Waals surface area contributed by atoms with Crippen LogP contribution in [-0.2, 0) is 9.59 Å². The van der Waals surface area contributed by atoms with Gasteiger partial charge in [-0.25, -0.2) is 9.18 Å². The average Bonchev–Trinajstić information content (AvgIpc) is 3.16. The van der Waals surface area contributed by atoms with Crippen molar-refractivity contribution in [3.8, 4) is 0 Å². The first-order valence-electron chi connectivity index (χ1n) is 10.5. The summed E-state index contributed by atoms with van der Waals surface area (Å²) in [7, 11) is 0. The highest BCUT2D eigenvalue weighted by atomic mass is 19.1. The van der Waals surface area contributed by atoms with Crippen molar-refractivity contribution in [2.75, 3.05) is 0 Å². The number of carboxylic acid groups (broad SMARTS) is 1. The third-order valence-electron chi connectivity index (χ3n) is 5.96. The van der Waals surface area contributed by atoms with E-state index < -0.39 is 29.1 Å². The molecule has 2 N–H and O–H groups in total. The Balaban J connectivity index is 2.98. The fourth-order valence-electron chi connectivity index (χ4n) is 4.16. The summed E-state index contributed by atoms with van der Waals surface area (Å²) in [6, 6.07) is 0. The number of hydrogen-bond donors (Lipinski definition) is 2. The molecule has 0 heterocycles. The van der Waals surface area contributed by atoms with Gasteiger partial charge in [-0.1, -0.05) is 51.7 Å². The predicted octanol–water partition coefficient (Wildman–Crippen LogP) is 5.23. The maximum absolute atomic E-state index is 14.6. The van der Waals surface area contributed by atoms with E-state index in [1.165, 1.54) is 6.92 Å². The van der Waals surface area contributed by atoms with Gasteiger partial charge < -0.3 is 10.2 Å². The average molecular weight is 385 g/mol. The fraction of sp³-hybridized carbons (Fsp3) is 0.818. The van der Waals surface area contributed by atoms with Gasteiger partial charge in [-0.05, 0) is 51.4 Å². The summed E-state index contributed by atoms with van der Waals surface area (Å²) in [6.45, 7) is 5.45. The maximum Gasteiger partial charge on any atom is 0.336 e. The van der Waals surface area contributed by atoms with Gasteiger partial charge in [-0.15, -0.1) is 0 Å². The van der Waals surface area contributed by atoms with Crippen LogP contribution in [0.5, 0.6) is 0 Å². The van der Waals surface area contributed by atoms with Crippen LogP contribution in [0.3, 0.4) is 0 Å². The zero-order valence-corrected chi connectivity index (χ0v) is 17.2. The number of alkyl halides is 1. The van der Waals surface area contributed by atoms with Crippen LogP contribution in [0.2, 0.25) is 0 Å². The van der Waals surface area contributed by atoms with E-state index in [1.54, 1.807) is 6.08 Å². The van der Waals surface area contributed by atoms with Gasteiger partial charge >= 0.3 is 5.97 Å². The largest absolute Gasteiger partial charge is 0.479 e. The quantitative estimate of drug-likeness (QED) is 0.426. The van der Waals surface area contributed by atoms with E-state index in [9.17, 15) is 24.2 Å². The third-order valence-corrected chi connectivity index (χ3v) is 5.96. The second-order valence-electron chi connectivity index (χ2n) is 8.26. The van der Waals surface area contributed by atoms with Crippen molar-refractivity contribution in [1.29, 1.82) is 0 Å². The number of aliphatic hydroxyl groups is 1. The minimum atomic E-state index is -2.07. The minimum Gasteiger partial charge on any atom is -0.479 e. The second-order valence-corrected chi connectivity index (χ2v) is 8.26. The zero-order chi connectivity index (χ0) is 20.5. The molecule has 0 saturated heterocycles. The van der Waals surface area contributed by atoms with Crippen LogP contribution in [0.4, 0.5) is 4.39 Å². The van der Waals surface area contributed by atoms with Crippen molar-refractivity contribution in [3.63, 3.8) is 0 Å². The molecule has 0 aliphatic heterocycles. The molecule has 1 aliphatic rings. The van der Waals surface area contributed by atoms with E-state index in [1.807, 2.05) is 19.9 Å². The number of carbonyl (C=O) groups is 2. The first-order valence-corrected chi connectivity index (χ1v) is 10.5. The number of halogens is 1. The number of ketones is 1. The Kier molecular flexibility index (Phi) is 9.65. The monoisotopic (exact) mass is 384 g/mol. The topological polar surface area (TPSA) is 74.6 Å². The third kappa shape index (κ3) is 6.70. The Labute approximate surface area is 163 Å². The molecular weight excluding hydrogens is 347 g/mol. The van der Waals surface area contributed by atoms with Gasteiger partial charge in [0.1, 0.15) is 11.5 Å². The molecule has 1 fully saturated rings. The molecule has 0 aromatic rings. The summed E-state index contributed by atoms with van der Waals surface area (Å²) < 4.78 is 14.6. The lowest BCUT2D eigenvalue weighted by atomic mass is 9.71. The van der Waals surface area contributed by atoms with Crippen LogP contribution in [0.25, 0.3) is 0 Å². The van der Waals surface area contributed by atoms with Gasteiger partial charge in [-0.2, -0.15) is 0 Å². The summed E-state index contributed by atoms with van der Waals surface area (Å²) in [5.41, 5.74) is -3.51. The Bertz CT molecular complexity index is 508. The number of carboxylic acids is 1. The Hall–Kier alpha value is -1.23. The van der Waals surface area contributed by atoms with Crippen LogP contribution in [0.1, 0.15) is 91.4 Å². The van der Waals surface area contributed by atoms with Crippen LogP contribution < -0.4 is 0 Å². The molecule has 1 saturated carbocycles. The summed E-state index contributed by atoms with van der Waals surface area (Å²) >= 11 is 0. The summed E-state index contributed by atoms with van der Waals surface area (Å²) in [5, 5.41) is 21.0. The standard InChI is InChI=1S/C22H37FO4/c1-4-6-8-13-18(19(24)14-16-21(3,23)15-7-5-2)22(27,20(25)26)17-11-9-10-12-17/h6,8,17-18,27H,4-5,7,9-16H2,1-3H3,(H,25,26)/t18-,21?,22+/m0/s1. The van der Waals surface area contributed by atoms with Gasteiger partial charge in [0.25, 0.3) is 0 Å². The number of unbranched alkanes of at least 4 members (excludes halogenated alkanes) is 1. The number of rotatable bonds is 13. The molecule has 1 rings (SSSR count). The molecule has 156 valence electrons. The molecule has 0 aromatic carbocycles. The van der Waals surface area contributed by atoms with E-state index in [2.05, 4.69) is 0 Å². The molecule has 1 unspecified atom stereocenters. The fourth-order valence-corrected chi connectivity index (χ4v) is 4.16. The van der Waals surface area contributed by atoms with Crippen LogP contribution in [0, 0.1) is 11.8 Å². The SMILES string of the molecule is CCC=CC[C@@H](C(=O)CCC(C)(F)CCCC)[C@@](O)(C(=O)O)C1CCCC1. The Morgan fingerprint density at radius 2 is 1.81 bits per heavy atom. The maximum atomic E-state index is 14.6. The van der Waals surface area contributed by atoms with E-state index in [0.29, 0.717) is 19.3 Å². The number of hydrogen-bond acceptors (Lipinski definition) is 3. The molecule has 4 nitrogen and oxygen atoms in total. The molecule has 3 atom stereocenters. The van der Waals surface area contributed by atoms with Crippen molar-refractivity contribution in [3.05, 3.63) is 12.2 Å². The summed E-state index contributed by atoms with van der Waals surface area (Å²) in [5.74, 6) is -3.11. The highest BCUT2D eigenvalue weighted by Crippen LogP contribution is 2.41. The molecular formula is C22H37FO4. The van der Waals surface area contributed by atoms with Crippen molar-refractivity contribution in [2.24, 2.45) is 11.8 Å². The second kappa shape index (κ2) is 10.9. The van der Waals surface area contributed by atoms with Gasteiger partial charge in [-0.3, -0.25) is 4.79 Å². The highest BCUT2D eigenvalue weighted by Gasteiger charge is 2.53. The van der Waals surface area contributed by atoms with Gasteiger partial charge in [0.15, 0.2) is 5.60 Å². The van der Waals surface area contributed by atoms with Crippen molar-refractivity contribution >= 4 is 11.8 Å². The van der Waals surface area contributed by atoms with E-state index >= 15 is 0 Å². The first kappa shape index (κ1) is 23.8. The lowest BCUT2D eigenvalue weighted by Crippen LogP contribution is -2.54. The highest BCUT2D eigenvalue weighted by molar-refractivity contribution is 5.90. The predicted molar refractivity (Wildman–Crippen MR) is 105 cm³/mol. The number of allylic oxidation sites excluding steroid dienone is 2. The van der Waals surface area contributed by atoms with Crippen molar-refractivity contribution in [1.82, 2.24) is 0 Å². The number of aliphatic carboxylic acids is 1. The van der Waals surface area contributed by atoms with E-state index in [0.717, 1.165) is 32.1 Å². The first-order chi connectivity index (χ1) is 12.7. The minimum absolute atomic E-state index is 0.0380. The van der Waals surface area contributed by atoms with Gasteiger partial charge in [0.2, 0.25) is 0 Å². The normalized spacial score (nSPS) is 21.1. The molecule has 0 spiro atoms. The van der Waals surface area contributed by atoms with E-state index in [-0.39, 0.29) is 25.0 Å². The molecule has 1 aliphatic carbocycles. The lowest BCUT2D eigenvalue weighted by molar-refractivity contribution is -0.176. The van der Waals surface area contributed by atoms with Crippen molar-refractivity contribution in [2.45, 2.75) is 103 Å². The Morgan fingerprint density at radius 3 is 2.33 bits per heavy atom. The van der Waals surface area contributed by atoms with Crippen LogP contribution >= 0.6 is 0 Å². The molecule has 5 heteroatoms. The number of carbonyl (C=O) groups excluding carboxylic acids is 1. The molecule has 27 heavy (non-hydrogen) atoms. The van der Waals surface area contributed by atoms with Crippen LogP contribution in [0.15, 0.2) is 12.2 Å². The molecule has 0 radical (unpaired) electrons. The van der Waals surface area contributed by atoms with Gasteiger partial charge in [0, 0.05) is 6.42 Å². The lowest BCUT2D eigenvalue weighted by Gasteiger charge is -2.36. The summed E-state index contributed by atoms with van der Waals surface area (Å²) in [4.78, 5) is 25.0. The smallest absolute Gasteiger partial charge is 0.336 e. The Morgan fingerprint density at radius 1 is 1.19 bits per heavy atom. The van der Waals surface area contributed by atoms with Gasteiger partial charge in [0.05, 0.1) is 5.92 Å². The molecule has 0 aromatic heterocycles. The van der Waals surface area contributed by atoms with Crippen molar-refractivity contribution < 1.29 is 24.2 Å².